The molecule has 3 rings (SSSR count). The lowest BCUT2D eigenvalue weighted by Crippen LogP contribution is -2.26. The summed E-state index contributed by atoms with van der Waals surface area (Å²) >= 11 is 0. The van der Waals surface area contributed by atoms with E-state index in [0.717, 1.165) is 24.1 Å². The molecule has 2 amide bonds. The minimum atomic E-state index is -2.86. The number of hydrogen-bond donors (Lipinski definition) is 0. The Hall–Kier alpha value is -2.96. The SMILES string of the molecule is CN(Cc1ccc(OC(F)F)cc1)C(=O)c1ccc(CN2CCCC2=O)cc1. The number of likely N-dealkylation sites (tertiary alicyclic amines) is 1. The number of carbonyl (C=O) groups excluding carboxylic acids is 2. The Labute approximate surface area is 162 Å². The van der Waals surface area contributed by atoms with Gasteiger partial charge in [-0.3, -0.25) is 9.59 Å². The summed E-state index contributed by atoms with van der Waals surface area (Å²) in [5, 5.41) is 0. The van der Waals surface area contributed by atoms with Crippen molar-refractivity contribution in [2.45, 2.75) is 32.5 Å². The first-order valence-corrected chi connectivity index (χ1v) is 9.08. The Balaban J connectivity index is 1.57. The van der Waals surface area contributed by atoms with E-state index in [1.54, 1.807) is 36.2 Å². The van der Waals surface area contributed by atoms with Crippen LogP contribution in [-0.2, 0) is 17.9 Å². The smallest absolute Gasteiger partial charge is 0.387 e. The van der Waals surface area contributed by atoms with Crippen LogP contribution in [0.15, 0.2) is 48.5 Å². The predicted octanol–water partition coefficient (Wildman–Crippen LogP) is 3.68. The van der Waals surface area contributed by atoms with Gasteiger partial charge < -0.3 is 14.5 Å². The molecule has 0 N–H and O–H groups in total. The summed E-state index contributed by atoms with van der Waals surface area (Å²) in [6.45, 7) is -1.17. The lowest BCUT2D eigenvalue weighted by atomic mass is 10.1. The van der Waals surface area contributed by atoms with Gasteiger partial charge in [-0.05, 0) is 41.8 Å². The van der Waals surface area contributed by atoms with Gasteiger partial charge in [-0.1, -0.05) is 24.3 Å². The fourth-order valence-corrected chi connectivity index (χ4v) is 3.19. The van der Waals surface area contributed by atoms with E-state index >= 15 is 0 Å². The Morgan fingerprint density at radius 3 is 2.32 bits per heavy atom. The summed E-state index contributed by atoms with van der Waals surface area (Å²) in [6.07, 6.45) is 1.51. The molecule has 1 fully saturated rings. The van der Waals surface area contributed by atoms with E-state index in [9.17, 15) is 18.4 Å². The molecule has 2 aromatic rings. The van der Waals surface area contributed by atoms with E-state index in [1.807, 2.05) is 17.0 Å². The highest BCUT2D eigenvalue weighted by atomic mass is 19.3. The van der Waals surface area contributed by atoms with Crippen LogP contribution in [0.5, 0.6) is 5.75 Å². The van der Waals surface area contributed by atoms with E-state index in [1.165, 1.54) is 12.1 Å². The fourth-order valence-electron chi connectivity index (χ4n) is 3.19. The van der Waals surface area contributed by atoms with E-state index < -0.39 is 6.61 Å². The third-order valence-corrected chi connectivity index (χ3v) is 4.66. The molecule has 28 heavy (non-hydrogen) atoms. The van der Waals surface area contributed by atoms with Crippen LogP contribution >= 0.6 is 0 Å². The van der Waals surface area contributed by atoms with Crippen molar-refractivity contribution >= 4 is 11.8 Å². The maximum Gasteiger partial charge on any atom is 0.387 e. The molecule has 0 saturated carbocycles. The lowest BCUT2D eigenvalue weighted by Gasteiger charge is -2.19. The number of hydrogen-bond acceptors (Lipinski definition) is 3. The number of carbonyl (C=O) groups is 2. The van der Waals surface area contributed by atoms with Gasteiger partial charge in [0.25, 0.3) is 5.91 Å². The van der Waals surface area contributed by atoms with Crippen molar-refractivity contribution in [3.8, 4) is 5.75 Å². The third-order valence-electron chi connectivity index (χ3n) is 4.66. The highest BCUT2D eigenvalue weighted by Gasteiger charge is 2.20. The summed E-state index contributed by atoms with van der Waals surface area (Å²) < 4.78 is 28.7. The second kappa shape index (κ2) is 8.82. The van der Waals surface area contributed by atoms with Gasteiger partial charge in [0.05, 0.1) is 0 Å². The van der Waals surface area contributed by atoms with Crippen molar-refractivity contribution in [1.82, 2.24) is 9.80 Å². The molecule has 1 aliphatic heterocycles. The number of halogens is 2. The molecule has 0 spiro atoms. The molecule has 1 aliphatic rings. The number of alkyl halides is 2. The van der Waals surface area contributed by atoms with Gasteiger partial charge in [0.15, 0.2) is 0 Å². The molecular weight excluding hydrogens is 366 g/mol. The second-order valence-corrected chi connectivity index (χ2v) is 6.80. The van der Waals surface area contributed by atoms with Gasteiger partial charge in [0.2, 0.25) is 5.91 Å². The lowest BCUT2D eigenvalue weighted by molar-refractivity contribution is -0.128. The zero-order valence-electron chi connectivity index (χ0n) is 15.6. The Kier molecular flexibility index (Phi) is 6.23. The van der Waals surface area contributed by atoms with Crippen LogP contribution in [0.3, 0.4) is 0 Å². The van der Waals surface area contributed by atoms with Gasteiger partial charge in [0.1, 0.15) is 5.75 Å². The maximum atomic E-state index is 12.6. The van der Waals surface area contributed by atoms with Gasteiger partial charge in [-0.2, -0.15) is 8.78 Å². The Bertz CT molecular complexity index is 823. The molecule has 5 nitrogen and oxygen atoms in total. The first-order valence-electron chi connectivity index (χ1n) is 9.08. The summed E-state index contributed by atoms with van der Waals surface area (Å²) in [4.78, 5) is 27.7. The highest BCUT2D eigenvalue weighted by Crippen LogP contribution is 2.18. The summed E-state index contributed by atoms with van der Waals surface area (Å²) in [5.41, 5.74) is 2.35. The fraction of sp³-hybridized carbons (Fsp3) is 0.333. The number of rotatable bonds is 7. The molecule has 2 aromatic carbocycles. The van der Waals surface area contributed by atoms with E-state index in [4.69, 9.17) is 0 Å². The van der Waals surface area contributed by atoms with Crippen LogP contribution in [0.25, 0.3) is 0 Å². The Morgan fingerprint density at radius 2 is 1.75 bits per heavy atom. The molecule has 1 heterocycles. The van der Waals surface area contributed by atoms with E-state index in [-0.39, 0.29) is 17.6 Å². The summed E-state index contributed by atoms with van der Waals surface area (Å²) in [7, 11) is 1.68. The molecule has 0 bridgehead atoms. The van der Waals surface area contributed by atoms with Crippen molar-refractivity contribution in [2.24, 2.45) is 0 Å². The van der Waals surface area contributed by atoms with Crippen molar-refractivity contribution in [2.75, 3.05) is 13.6 Å². The van der Waals surface area contributed by atoms with Crippen molar-refractivity contribution in [3.63, 3.8) is 0 Å². The van der Waals surface area contributed by atoms with E-state index in [2.05, 4.69) is 4.74 Å². The van der Waals surface area contributed by atoms with Gasteiger partial charge in [-0.15, -0.1) is 0 Å². The molecule has 0 radical (unpaired) electrons. The summed E-state index contributed by atoms with van der Waals surface area (Å²) in [5.74, 6) is 0.112. The molecule has 7 heteroatoms. The zero-order chi connectivity index (χ0) is 20.1. The third kappa shape index (κ3) is 5.06. The van der Waals surface area contributed by atoms with Crippen molar-refractivity contribution < 1.29 is 23.1 Å². The number of nitrogens with zero attached hydrogens (tertiary/aromatic N) is 2. The van der Waals surface area contributed by atoms with E-state index in [0.29, 0.717) is 25.1 Å². The normalized spacial score (nSPS) is 13.9. The molecule has 0 aromatic heterocycles. The molecular formula is C21H22F2N2O3. The van der Waals surface area contributed by atoms with Gasteiger partial charge >= 0.3 is 6.61 Å². The predicted molar refractivity (Wildman–Crippen MR) is 100.0 cm³/mol. The zero-order valence-corrected chi connectivity index (χ0v) is 15.6. The summed E-state index contributed by atoms with van der Waals surface area (Å²) in [6, 6.07) is 13.5. The van der Waals surface area contributed by atoms with Crippen LogP contribution in [0.4, 0.5) is 8.78 Å². The average Bonchev–Trinajstić information content (AvgIpc) is 3.07. The molecule has 148 valence electrons. The monoisotopic (exact) mass is 388 g/mol. The van der Waals surface area contributed by atoms with Crippen molar-refractivity contribution in [1.29, 1.82) is 0 Å². The standard InChI is InChI=1S/C21H22F2N2O3/c1-24(13-15-6-10-18(11-7-15)28-21(22)23)20(27)17-8-4-16(5-9-17)14-25-12-2-3-19(25)26/h4-11,21H,2-3,12-14H2,1H3. The minimum Gasteiger partial charge on any atom is -0.435 e. The largest absolute Gasteiger partial charge is 0.435 e. The quantitative estimate of drug-likeness (QED) is 0.727. The van der Waals surface area contributed by atoms with Crippen LogP contribution in [-0.4, -0.2) is 41.8 Å². The second-order valence-electron chi connectivity index (χ2n) is 6.80. The topological polar surface area (TPSA) is 49.9 Å². The molecule has 0 aliphatic carbocycles. The minimum absolute atomic E-state index is 0.0832. The first kappa shape index (κ1) is 19.8. The average molecular weight is 388 g/mol. The van der Waals surface area contributed by atoms with Gasteiger partial charge in [-0.25, -0.2) is 0 Å². The van der Waals surface area contributed by atoms with Gasteiger partial charge in [0, 0.05) is 38.7 Å². The first-order chi connectivity index (χ1) is 13.4. The van der Waals surface area contributed by atoms with Crippen LogP contribution in [0.1, 0.15) is 34.3 Å². The molecule has 0 unspecified atom stereocenters. The van der Waals surface area contributed by atoms with Crippen molar-refractivity contribution in [3.05, 3.63) is 65.2 Å². The maximum absolute atomic E-state index is 12.6. The number of amides is 2. The van der Waals surface area contributed by atoms with Crippen LogP contribution < -0.4 is 4.74 Å². The molecule has 0 atom stereocenters. The molecule has 1 saturated heterocycles. The van der Waals surface area contributed by atoms with Crippen LogP contribution in [0, 0.1) is 0 Å². The van der Waals surface area contributed by atoms with Crippen LogP contribution in [0.2, 0.25) is 0 Å². The number of benzene rings is 2. The Morgan fingerprint density at radius 1 is 1.11 bits per heavy atom. The number of ether oxygens (including phenoxy) is 1. The highest BCUT2D eigenvalue weighted by molar-refractivity contribution is 5.94.